The average Bonchev–Trinajstić information content (AvgIpc) is 2.47. The molecule has 0 saturated carbocycles. The number of benzene rings is 2. The van der Waals surface area contributed by atoms with Gasteiger partial charge in [-0.15, -0.1) is 0 Å². The summed E-state index contributed by atoms with van der Waals surface area (Å²) in [5.74, 6) is -0.233. The second-order valence-electron chi connectivity index (χ2n) is 6.08. The second-order valence-corrected chi connectivity index (χ2v) is 7.00. The fourth-order valence-corrected chi connectivity index (χ4v) is 2.33. The number of hydrogen-bond acceptors (Lipinski definition) is 2. The highest BCUT2D eigenvalue weighted by Crippen LogP contribution is 2.21. The first-order valence-electron chi connectivity index (χ1n) is 7.06. The molecule has 0 aliphatic rings. The highest BCUT2D eigenvalue weighted by molar-refractivity contribution is 9.10. The van der Waals surface area contributed by atoms with Gasteiger partial charge in [0.25, 0.3) is 5.91 Å². The molecule has 114 valence electrons. The molecule has 0 spiro atoms. The van der Waals surface area contributed by atoms with Crippen LogP contribution in [0.1, 0.15) is 42.3 Å². The van der Waals surface area contributed by atoms with Gasteiger partial charge in [0, 0.05) is 10.0 Å². The lowest BCUT2D eigenvalue weighted by molar-refractivity contribution is 0.0955. The first kappa shape index (κ1) is 16.4. The Morgan fingerprint density at radius 2 is 1.82 bits per heavy atom. The summed E-state index contributed by atoms with van der Waals surface area (Å²) in [5.41, 5.74) is 5.44. The quantitative estimate of drug-likeness (QED) is 0.636. The molecule has 1 N–H and O–H groups in total. The van der Waals surface area contributed by atoms with Gasteiger partial charge in [-0.05, 0) is 34.7 Å². The van der Waals surface area contributed by atoms with Gasteiger partial charge in [0.05, 0.1) is 6.21 Å². The van der Waals surface area contributed by atoms with Gasteiger partial charge in [-0.25, -0.2) is 5.43 Å². The van der Waals surface area contributed by atoms with E-state index in [9.17, 15) is 4.79 Å². The van der Waals surface area contributed by atoms with E-state index in [0.29, 0.717) is 5.56 Å². The lowest BCUT2D eigenvalue weighted by atomic mass is 9.87. The van der Waals surface area contributed by atoms with Crippen molar-refractivity contribution in [2.45, 2.75) is 26.2 Å². The Morgan fingerprint density at radius 3 is 2.41 bits per heavy atom. The number of rotatable bonds is 3. The third-order valence-corrected chi connectivity index (χ3v) is 3.74. The highest BCUT2D eigenvalue weighted by Gasteiger charge is 2.12. The Kier molecular flexibility index (Phi) is 5.14. The summed E-state index contributed by atoms with van der Waals surface area (Å²) in [6.45, 7) is 6.52. The maximum absolute atomic E-state index is 11.9. The van der Waals surface area contributed by atoms with Crippen LogP contribution >= 0.6 is 15.9 Å². The smallest absolute Gasteiger partial charge is 0.267 e. The number of hydrogen-bond donors (Lipinski definition) is 1. The molecule has 0 radical (unpaired) electrons. The van der Waals surface area contributed by atoms with Crippen LogP contribution in [0.5, 0.6) is 0 Å². The molecule has 0 bridgehead atoms. The van der Waals surface area contributed by atoms with Crippen molar-refractivity contribution in [2.75, 3.05) is 0 Å². The summed E-state index contributed by atoms with van der Waals surface area (Å²) < 4.78 is 0.863. The number of carbonyl (C=O) groups is 1. The predicted molar refractivity (Wildman–Crippen MR) is 94.3 cm³/mol. The lowest BCUT2D eigenvalue weighted by Crippen LogP contribution is -2.17. The fourth-order valence-electron chi connectivity index (χ4n) is 1.93. The van der Waals surface area contributed by atoms with Crippen LogP contribution in [0.2, 0.25) is 0 Å². The molecule has 2 rings (SSSR count). The number of hydrazone groups is 1. The molecular formula is C18H19BrN2O. The van der Waals surface area contributed by atoms with Crippen molar-refractivity contribution < 1.29 is 4.79 Å². The lowest BCUT2D eigenvalue weighted by Gasteiger charge is -2.18. The second kappa shape index (κ2) is 6.88. The number of nitrogens with zero attached hydrogens (tertiary/aromatic N) is 1. The van der Waals surface area contributed by atoms with Crippen molar-refractivity contribution >= 4 is 28.1 Å². The van der Waals surface area contributed by atoms with Crippen LogP contribution in [-0.4, -0.2) is 12.1 Å². The molecule has 0 fully saturated rings. The molecule has 0 aliphatic carbocycles. The molecule has 4 heteroatoms. The van der Waals surface area contributed by atoms with Gasteiger partial charge in [-0.2, -0.15) is 5.10 Å². The summed E-state index contributed by atoms with van der Waals surface area (Å²) in [7, 11) is 0. The SMILES string of the molecule is CC(C)(C)c1ccc(/C=N\NC(=O)c2cccc(Br)c2)cc1. The van der Waals surface area contributed by atoms with E-state index in [1.54, 1.807) is 18.3 Å². The van der Waals surface area contributed by atoms with Crippen molar-refractivity contribution in [3.63, 3.8) is 0 Å². The number of nitrogens with one attached hydrogen (secondary N) is 1. The van der Waals surface area contributed by atoms with E-state index in [0.717, 1.165) is 10.0 Å². The maximum Gasteiger partial charge on any atom is 0.271 e. The van der Waals surface area contributed by atoms with Crippen LogP contribution in [0.3, 0.4) is 0 Å². The Hall–Kier alpha value is -1.94. The van der Waals surface area contributed by atoms with Crippen LogP contribution in [0.25, 0.3) is 0 Å². The van der Waals surface area contributed by atoms with Crippen molar-refractivity contribution in [1.82, 2.24) is 5.43 Å². The molecule has 22 heavy (non-hydrogen) atoms. The molecule has 2 aromatic rings. The van der Waals surface area contributed by atoms with E-state index >= 15 is 0 Å². The van der Waals surface area contributed by atoms with Gasteiger partial charge in [-0.1, -0.05) is 67.0 Å². The Labute approximate surface area is 139 Å². The third-order valence-electron chi connectivity index (χ3n) is 3.24. The number of carbonyl (C=O) groups excluding carboxylic acids is 1. The van der Waals surface area contributed by atoms with Crippen molar-refractivity contribution in [3.05, 3.63) is 69.7 Å². The summed E-state index contributed by atoms with van der Waals surface area (Å²) in [6, 6.07) is 15.3. The number of halogens is 1. The molecule has 0 atom stereocenters. The van der Waals surface area contributed by atoms with Crippen LogP contribution in [-0.2, 0) is 5.41 Å². The molecule has 0 aliphatic heterocycles. The fraction of sp³-hybridized carbons (Fsp3) is 0.222. The molecular weight excluding hydrogens is 340 g/mol. The molecule has 1 amide bonds. The monoisotopic (exact) mass is 358 g/mol. The third kappa shape index (κ3) is 4.53. The summed E-state index contributed by atoms with van der Waals surface area (Å²) in [5, 5.41) is 4.00. The van der Waals surface area contributed by atoms with Gasteiger partial charge in [0.1, 0.15) is 0 Å². The molecule has 2 aromatic carbocycles. The van der Waals surface area contributed by atoms with E-state index < -0.39 is 0 Å². The van der Waals surface area contributed by atoms with E-state index in [1.165, 1.54) is 5.56 Å². The largest absolute Gasteiger partial charge is 0.271 e. The summed E-state index contributed by atoms with van der Waals surface area (Å²) in [6.07, 6.45) is 1.64. The standard InChI is InChI=1S/C18H19BrN2O/c1-18(2,3)15-9-7-13(8-10-15)12-20-21-17(22)14-5-4-6-16(19)11-14/h4-12H,1-3H3,(H,21,22)/b20-12-. The van der Waals surface area contributed by atoms with E-state index in [-0.39, 0.29) is 11.3 Å². The normalized spacial score (nSPS) is 11.6. The molecule has 0 saturated heterocycles. The minimum atomic E-state index is -0.233. The van der Waals surface area contributed by atoms with Gasteiger partial charge in [0.15, 0.2) is 0 Å². The zero-order valence-electron chi connectivity index (χ0n) is 12.9. The Morgan fingerprint density at radius 1 is 1.14 bits per heavy atom. The minimum absolute atomic E-state index is 0.130. The molecule has 3 nitrogen and oxygen atoms in total. The summed E-state index contributed by atoms with van der Waals surface area (Å²) >= 11 is 3.34. The average molecular weight is 359 g/mol. The van der Waals surface area contributed by atoms with Gasteiger partial charge in [-0.3, -0.25) is 4.79 Å². The minimum Gasteiger partial charge on any atom is -0.267 e. The Bertz CT molecular complexity index is 685. The summed E-state index contributed by atoms with van der Waals surface area (Å²) in [4.78, 5) is 11.9. The molecule has 0 aromatic heterocycles. The van der Waals surface area contributed by atoms with Crippen LogP contribution in [0.15, 0.2) is 58.1 Å². The van der Waals surface area contributed by atoms with Crippen LogP contribution in [0, 0.1) is 0 Å². The van der Waals surface area contributed by atoms with Gasteiger partial charge in [0.2, 0.25) is 0 Å². The topological polar surface area (TPSA) is 41.5 Å². The van der Waals surface area contributed by atoms with E-state index in [1.807, 2.05) is 24.3 Å². The highest BCUT2D eigenvalue weighted by atomic mass is 79.9. The Balaban J connectivity index is 1.99. The number of amides is 1. The van der Waals surface area contributed by atoms with Crippen molar-refractivity contribution in [3.8, 4) is 0 Å². The predicted octanol–water partition coefficient (Wildman–Crippen LogP) is 4.51. The van der Waals surface area contributed by atoms with E-state index in [4.69, 9.17) is 0 Å². The zero-order chi connectivity index (χ0) is 16.2. The zero-order valence-corrected chi connectivity index (χ0v) is 14.5. The van der Waals surface area contributed by atoms with Crippen molar-refractivity contribution in [2.24, 2.45) is 5.10 Å². The molecule has 0 unspecified atom stereocenters. The first-order valence-corrected chi connectivity index (χ1v) is 7.85. The van der Waals surface area contributed by atoms with Gasteiger partial charge >= 0.3 is 0 Å². The van der Waals surface area contributed by atoms with E-state index in [2.05, 4.69) is 59.4 Å². The van der Waals surface area contributed by atoms with Crippen LogP contribution in [0.4, 0.5) is 0 Å². The maximum atomic E-state index is 11.9. The van der Waals surface area contributed by atoms with Crippen molar-refractivity contribution in [1.29, 1.82) is 0 Å². The molecule has 0 heterocycles. The first-order chi connectivity index (χ1) is 10.4. The van der Waals surface area contributed by atoms with Crippen LogP contribution < -0.4 is 5.43 Å². The van der Waals surface area contributed by atoms with Gasteiger partial charge < -0.3 is 0 Å².